The Balaban J connectivity index is 2.29. The first kappa shape index (κ1) is 14.2. The Kier molecular flexibility index (Phi) is 4.05. The lowest BCUT2D eigenvalue weighted by atomic mass is 10.3. The van der Waals surface area contributed by atoms with Gasteiger partial charge in [-0.15, -0.1) is 0 Å². The van der Waals surface area contributed by atoms with Gasteiger partial charge in [-0.05, 0) is 24.3 Å². The van der Waals surface area contributed by atoms with Gasteiger partial charge in [0.05, 0.1) is 22.9 Å². The van der Waals surface area contributed by atoms with Crippen molar-refractivity contribution in [2.45, 2.75) is 11.4 Å². The second-order valence-corrected chi connectivity index (χ2v) is 6.24. The summed E-state index contributed by atoms with van der Waals surface area (Å²) in [6, 6.07) is 5.96. The van der Waals surface area contributed by atoms with E-state index in [4.69, 9.17) is 33.4 Å². The maximum Gasteiger partial charge on any atom is 0.243 e. The van der Waals surface area contributed by atoms with Gasteiger partial charge in [0, 0.05) is 5.69 Å². The van der Waals surface area contributed by atoms with E-state index in [1.165, 1.54) is 18.4 Å². The topological polar surface area (TPSA) is 85.3 Å². The second kappa shape index (κ2) is 5.42. The summed E-state index contributed by atoms with van der Waals surface area (Å²) >= 11 is 11.7. The molecule has 0 spiro atoms. The molecule has 1 aromatic heterocycles. The number of furan rings is 1. The lowest BCUT2D eigenvalue weighted by Crippen LogP contribution is -2.23. The van der Waals surface area contributed by atoms with Gasteiger partial charge in [0.2, 0.25) is 10.0 Å². The van der Waals surface area contributed by atoms with E-state index in [0.29, 0.717) is 11.4 Å². The van der Waals surface area contributed by atoms with Crippen molar-refractivity contribution < 1.29 is 12.8 Å². The number of rotatable bonds is 4. The summed E-state index contributed by atoms with van der Waals surface area (Å²) in [5, 5.41) is -0.0612. The molecule has 0 atom stereocenters. The minimum Gasteiger partial charge on any atom is -0.468 e. The summed E-state index contributed by atoms with van der Waals surface area (Å²) in [6.45, 7) is 0.00632. The zero-order chi connectivity index (χ0) is 14.0. The monoisotopic (exact) mass is 320 g/mol. The normalized spacial score (nSPS) is 11.7. The fourth-order valence-electron chi connectivity index (χ4n) is 1.49. The van der Waals surface area contributed by atoms with E-state index in [1.807, 2.05) is 0 Å². The lowest BCUT2D eigenvalue weighted by Gasteiger charge is -2.10. The molecule has 1 aromatic carbocycles. The van der Waals surface area contributed by atoms with Crippen molar-refractivity contribution in [3.05, 3.63) is 46.3 Å². The van der Waals surface area contributed by atoms with Crippen LogP contribution in [0.2, 0.25) is 10.0 Å². The first-order valence-corrected chi connectivity index (χ1v) is 7.40. The Morgan fingerprint density at radius 3 is 2.42 bits per heavy atom. The first-order chi connectivity index (χ1) is 8.90. The Bertz CT molecular complexity index is 661. The molecule has 5 nitrogen and oxygen atoms in total. The predicted molar refractivity (Wildman–Crippen MR) is 73.6 cm³/mol. The molecule has 2 aromatic rings. The van der Waals surface area contributed by atoms with Crippen molar-refractivity contribution in [1.29, 1.82) is 0 Å². The van der Waals surface area contributed by atoms with E-state index >= 15 is 0 Å². The van der Waals surface area contributed by atoms with Crippen LogP contribution in [0.4, 0.5) is 5.69 Å². The molecule has 0 amide bonds. The molecule has 0 bridgehead atoms. The highest BCUT2D eigenvalue weighted by Crippen LogP contribution is 2.31. The summed E-state index contributed by atoms with van der Waals surface area (Å²) in [7, 11) is -3.84. The van der Waals surface area contributed by atoms with Crippen LogP contribution in [0.3, 0.4) is 0 Å². The number of hydrogen-bond acceptors (Lipinski definition) is 4. The minimum absolute atomic E-state index is 0.00632. The predicted octanol–water partition coefficient (Wildman–Crippen LogP) is 2.65. The largest absolute Gasteiger partial charge is 0.468 e. The van der Waals surface area contributed by atoms with E-state index in [9.17, 15) is 8.42 Å². The highest BCUT2D eigenvalue weighted by molar-refractivity contribution is 7.89. The van der Waals surface area contributed by atoms with Gasteiger partial charge >= 0.3 is 0 Å². The van der Waals surface area contributed by atoms with Crippen LogP contribution in [0, 0.1) is 0 Å². The van der Waals surface area contributed by atoms with E-state index in [1.54, 1.807) is 12.1 Å². The van der Waals surface area contributed by atoms with E-state index in [2.05, 4.69) is 4.72 Å². The van der Waals surface area contributed by atoms with Crippen LogP contribution < -0.4 is 10.5 Å². The molecule has 8 heteroatoms. The second-order valence-electron chi connectivity index (χ2n) is 3.72. The fraction of sp³-hybridized carbons (Fsp3) is 0.0909. The summed E-state index contributed by atoms with van der Waals surface area (Å²) < 4.78 is 31.6. The lowest BCUT2D eigenvalue weighted by molar-refractivity contribution is 0.498. The van der Waals surface area contributed by atoms with Crippen LogP contribution in [0.5, 0.6) is 0 Å². The van der Waals surface area contributed by atoms with Crippen LogP contribution in [-0.4, -0.2) is 8.42 Å². The van der Waals surface area contributed by atoms with Crippen molar-refractivity contribution in [3.63, 3.8) is 0 Å². The average molecular weight is 321 g/mol. The Morgan fingerprint density at radius 1 is 1.26 bits per heavy atom. The molecule has 19 heavy (non-hydrogen) atoms. The maximum atomic E-state index is 12.1. The maximum absolute atomic E-state index is 12.1. The first-order valence-electron chi connectivity index (χ1n) is 5.17. The van der Waals surface area contributed by atoms with Gasteiger partial charge in [-0.3, -0.25) is 0 Å². The van der Waals surface area contributed by atoms with Crippen molar-refractivity contribution in [2.24, 2.45) is 0 Å². The van der Waals surface area contributed by atoms with Crippen LogP contribution in [-0.2, 0) is 16.6 Å². The number of anilines is 1. The smallest absolute Gasteiger partial charge is 0.243 e. The molecule has 0 saturated carbocycles. The molecule has 0 aliphatic heterocycles. The van der Waals surface area contributed by atoms with Crippen molar-refractivity contribution >= 4 is 38.9 Å². The number of hydrogen-bond donors (Lipinski definition) is 2. The van der Waals surface area contributed by atoms with Gasteiger partial charge in [0.1, 0.15) is 10.7 Å². The minimum atomic E-state index is -3.84. The highest BCUT2D eigenvalue weighted by Gasteiger charge is 2.22. The molecule has 0 aliphatic rings. The summed E-state index contributed by atoms with van der Waals surface area (Å²) in [5.41, 5.74) is 5.82. The SMILES string of the molecule is Nc1cc(Cl)c(S(=O)(=O)NCc2ccco2)c(Cl)c1. The molecule has 102 valence electrons. The third kappa shape index (κ3) is 3.22. The Labute approximate surface area is 120 Å². The van der Waals surface area contributed by atoms with E-state index in [0.717, 1.165) is 0 Å². The molecule has 1 heterocycles. The number of nitrogen functional groups attached to an aromatic ring is 1. The van der Waals surface area contributed by atoms with Crippen molar-refractivity contribution in [1.82, 2.24) is 4.72 Å². The molecule has 0 unspecified atom stereocenters. The van der Waals surface area contributed by atoms with Crippen LogP contribution in [0.25, 0.3) is 0 Å². The number of nitrogens with one attached hydrogen (secondary N) is 1. The summed E-state index contributed by atoms with van der Waals surface area (Å²) in [6.07, 6.45) is 1.45. The highest BCUT2D eigenvalue weighted by atomic mass is 35.5. The quantitative estimate of drug-likeness (QED) is 0.848. The summed E-state index contributed by atoms with van der Waals surface area (Å²) in [5.74, 6) is 0.478. The van der Waals surface area contributed by atoms with Gasteiger partial charge in [0.25, 0.3) is 0 Å². The molecule has 3 N–H and O–H groups in total. The summed E-state index contributed by atoms with van der Waals surface area (Å²) in [4.78, 5) is -0.198. The molecule has 0 saturated heterocycles. The van der Waals surface area contributed by atoms with Crippen LogP contribution in [0.15, 0.2) is 39.8 Å². The number of nitrogens with two attached hydrogens (primary N) is 1. The van der Waals surface area contributed by atoms with Gasteiger partial charge in [-0.1, -0.05) is 23.2 Å². The third-order valence-electron chi connectivity index (χ3n) is 2.31. The van der Waals surface area contributed by atoms with Gasteiger partial charge in [0.15, 0.2) is 0 Å². The van der Waals surface area contributed by atoms with Gasteiger partial charge in [-0.25, -0.2) is 13.1 Å². The molecule has 2 rings (SSSR count). The standard InChI is InChI=1S/C11H10Cl2N2O3S/c12-9-4-7(14)5-10(13)11(9)19(16,17)15-6-8-2-1-3-18-8/h1-5,15H,6,14H2. The van der Waals surface area contributed by atoms with Gasteiger partial charge in [-0.2, -0.15) is 0 Å². The zero-order valence-corrected chi connectivity index (χ0v) is 11.9. The Morgan fingerprint density at radius 2 is 1.89 bits per heavy atom. The number of sulfonamides is 1. The molecule has 0 radical (unpaired) electrons. The molecule has 0 aliphatic carbocycles. The number of benzene rings is 1. The molecular weight excluding hydrogens is 311 g/mol. The third-order valence-corrected chi connectivity index (χ3v) is 4.63. The van der Waals surface area contributed by atoms with Crippen LogP contribution in [0.1, 0.15) is 5.76 Å². The van der Waals surface area contributed by atoms with Crippen molar-refractivity contribution in [2.75, 3.05) is 5.73 Å². The van der Waals surface area contributed by atoms with Gasteiger partial charge < -0.3 is 10.2 Å². The average Bonchev–Trinajstić information content (AvgIpc) is 2.77. The Hall–Kier alpha value is -1.21. The van der Waals surface area contributed by atoms with E-state index in [-0.39, 0.29) is 21.5 Å². The fourth-order valence-corrected chi connectivity index (χ4v) is 3.71. The molecular formula is C11H10Cl2N2O3S. The van der Waals surface area contributed by atoms with Crippen LogP contribution >= 0.6 is 23.2 Å². The molecule has 0 fully saturated rings. The van der Waals surface area contributed by atoms with Crippen molar-refractivity contribution in [3.8, 4) is 0 Å². The zero-order valence-electron chi connectivity index (χ0n) is 9.56. The number of halogens is 2. The van der Waals surface area contributed by atoms with E-state index < -0.39 is 10.0 Å².